The van der Waals surface area contributed by atoms with E-state index >= 15 is 0 Å². The van der Waals surface area contributed by atoms with Crippen molar-refractivity contribution in [3.8, 4) is 6.07 Å². The van der Waals surface area contributed by atoms with Gasteiger partial charge in [-0.25, -0.2) is 0 Å². The summed E-state index contributed by atoms with van der Waals surface area (Å²) in [7, 11) is 0. The molecule has 1 fully saturated rings. The Balaban J connectivity index is 1.70. The zero-order valence-electron chi connectivity index (χ0n) is 19.4. The third kappa shape index (κ3) is 5.29. The average molecular weight is 499 g/mol. The van der Waals surface area contributed by atoms with Crippen LogP contribution in [-0.2, 0) is 22.6 Å². The standard InChI is InChI=1S/C27H22N4O4S/c1-18-11-13-21(14-12-18)30-26(33)24(15-20-9-5-6-10-23(20)31(34)35)36-27(30)22(16-28)25(32)29-17-19-7-3-2-4-8-19/h2-14,24H,15,17H2,1H3,(H,29,32)/b27-22-/t24-/m0/s1. The summed E-state index contributed by atoms with van der Waals surface area (Å²) in [4.78, 5) is 39.0. The Hall–Kier alpha value is -4.42. The van der Waals surface area contributed by atoms with Crippen molar-refractivity contribution >= 4 is 35.0 Å². The van der Waals surface area contributed by atoms with Crippen LogP contribution in [0.25, 0.3) is 0 Å². The van der Waals surface area contributed by atoms with Crippen molar-refractivity contribution in [1.82, 2.24) is 5.32 Å². The zero-order valence-corrected chi connectivity index (χ0v) is 20.2. The van der Waals surface area contributed by atoms with E-state index in [1.165, 1.54) is 11.0 Å². The Morgan fingerprint density at radius 3 is 2.42 bits per heavy atom. The van der Waals surface area contributed by atoms with Crippen LogP contribution in [0.2, 0.25) is 0 Å². The normalized spacial score (nSPS) is 16.4. The molecule has 3 aromatic rings. The van der Waals surface area contributed by atoms with Crippen LogP contribution < -0.4 is 10.2 Å². The number of amides is 2. The lowest BCUT2D eigenvalue weighted by atomic mass is 10.1. The Kier molecular flexibility index (Phi) is 7.47. The Labute approximate surface area is 212 Å². The number of anilines is 1. The molecule has 0 bridgehead atoms. The number of carbonyl (C=O) groups is 2. The van der Waals surface area contributed by atoms with Gasteiger partial charge in [0.15, 0.2) is 0 Å². The van der Waals surface area contributed by atoms with Crippen LogP contribution in [0.4, 0.5) is 11.4 Å². The Morgan fingerprint density at radius 2 is 1.75 bits per heavy atom. The van der Waals surface area contributed by atoms with E-state index in [9.17, 15) is 25.0 Å². The second kappa shape index (κ2) is 10.9. The molecule has 0 saturated carbocycles. The molecule has 9 heteroatoms. The van der Waals surface area contributed by atoms with E-state index < -0.39 is 16.1 Å². The smallest absolute Gasteiger partial charge is 0.272 e. The fourth-order valence-electron chi connectivity index (χ4n) is 3.84. The number of nitriles is 1. The third-order valence-corrected chi connectivity index (χ3v) is 6.95. The molecule has 1 heterocycles. The number of rotatable bonds is 7. The first kappa shape index (κ1) is 24.7. The van der Waals surface area contributed by atoms with Crippen LogP contribution in [0.15, 0.2) is 89.5 Å². The lowest BCUT2D eigenvalue weighted by Crippen LogP contribution is -2.32. The van der Waals surface area contributed by atoms with Gasteiger partial charge in [-0.2, -0.15) is 5.26 Å². The molecule has 1 aliphatic heterocycles. The van der Waals surface area contributed by atoms with E-state index in [4.69, 9.17) is 0 Å². The van der Waals surface area contributed by atoms with Gasteiger partial charge in [0.2, 0.25) is 5.91 Å². The van der Waals surface area contributed by atoms with Crippen molar-refractivity contribution < 1.29 is 14.5 Å². The number of para-hydroxylation sites is 1. The van der Waals surface area contributed by atoms with Gasteiger partial charge in [-0.05, 0) is 24.6 Å². The maximum Gasteiger partial charge on any atom is 0.272 e. The van der Waals surface area contributed by atoms with Gasteiger partial charge in [-0.15, -0.1) is 0 Å². The first-order valence-corrected chi connectivity index (χ1v) is 12.0. The minimum absolute atomic E-state index is 0.0775. The number of hydrogen-bond donors (Lipinski definition) is 1. The average Bonchev–Trinajstić information content (AvgIpc) is 3.19. The molecule has 1 aliphatic rings. The summed E-state index contributed by atoms with van der Waals surface area (Å²) >= 11 is 1.07. The molecule has 36 heavy (non-hydrogen) atoms. The van der Waals surface area contributed by atoms with Crippen molar-refractivity contribution in [1.29, 1.82) is 5.26 Å². The molecule has 1 N–H and O–H groups in total. The van der Waals surface area contributed by atoms with E-state index in [2.05, 4.69) is 5.32 Å². The summed E-state index contributed by atoms with van der Waals surface area (Å²) in [5.74, 6) is -0.944. The van der Waals surface area contributed by atoms with Gasteiger partial charge in [0.05, 0.1) is 10.2 Å². The highest BCUT2D eigenvalue weighted by Gasteiger charge is 2.41. The molecule has 0 unspecified atom stereocenters. The second-order valence-corrected chi connectivity index (χ2v) is 9.36. The fourth-order valence-corrected chi connectivity index (χ4v) is 5.14. The summed E-state index contributed by atoms with van der Waals surface area (Å²) in [5, 5.41) is 23.6. The molecular weight excluding hydrogens is 476 g/mol. The topological polar surface area (TPSA) is 116 Å². The number of nitrogens with one attached hydrogen (secondary N) is 1. The van der Waals surface area contributed by atoms with Crippen molar-refractivity contribution in [2.75, 3.05) is 4.90 Å². The summed E-state index contributed by atoms with van der Waals surface area (Å²) in [6, 6.07) is 24.7. The number of benzene rings is 3. The minimum Gasteiger partial charge on any atom is -0.347 e. The minimum atomic E-state index is -0.743. The highest BCUT2D eigenvalue weighted by molar-refractivity contribution is 8.05. The van der Waals surface area contributed by atoms with Crippen LogP contribution in [0.3, 0.4) is 0 Å². The highest BCUT2D eigenvalue weighted by Crippen LogP contribution is 2.42. The number of aryl methyl sites for hydroxylation is 1. The number of nitro benzene ring substituents is 1. The summed E-state index contributed by atoms with van der Waals surface area (Å²) in [6.07, 6.45) is 0.0802. The van der Waals surface area contributed by atoms with Crippen molar-refractivity contribution in [3.05, 3.63) is 116 Å². The van der Waals surface area contributed by atoms with Gasteiger partial charge >= 0.3 is 0 Å². The third-order valence-electron chi connectivity index (χ3n) is 5.69. The van der Waals surface area contributed by atoms with E-state index in [-0.39, 0.29) is 35.2 Å². The number of hydrogen-bond acceptors (Lipinski definition) is 6. The van der Waals surface area contributed by atoms with Crippen molar-refractivity contribution in [2.24, 2.45) is 0 Å². The predicted octanol–water partition coefficient (Wildman–Crippen LogP) is 4.65. The molecule has 2 amide bonds. The highest BCUT2D eigenvalue weighted by atomic mass is 32.2. The molecular formula is C27H22N4O4S. The Bertz CT molecular complexity index is 1380. The van der Waals surface area contributed by atoms with E-state index in [1.807, 2.05) is 55.5 Å². The van der Waals surface area contributed by atoms with E-state index in [0.717, 1.165) is 22.9 Å². The molecule has 1 atom stereocenters. The van der Waals surface area contributed by atoms with Gasteiger partial charge in [0.25, 0.3) is 11.6 Å². The van der Waals surface area contributed by atoms with Crippen molar-refractivity contribution in [2.45, 2.75) is 25.1 Å². The van der Waals surface area contributed by atoms with Crippen LogP contribution >= 0.6 is 11.8 Å². The first-order valence-electron chi connectivity index (χ1n) is 11.1. The lowest BCUT2D eigenvalue weighted by molar-refractivity contribution is -0.385. The number of nitro groups is 1. The molecule has 4 rings (SSSR count). The summed E-state index contributed by atoms with van der Waals surface area (Å²) < 4.78 is 0. The summed E-state index contributed by atoms with van der Waals surface area (Å²) in [5.41, 5.74) is 2.52. The lowest BCUT2D eigenvalue weighted by Gasteiger charge is -2.19. The predicted molar refractivity (Wildman–Crippen MR) is 138 cm³/mol. The maximum atomic E-state index is 13.6. The number of carbonyl (C=O) groups excluding carboxylic acids is 2. The van der Waals surface area contributed by atoms with Crippen LogP contribution in [0.5, 0.6) is 0 Å². The van der Waals surface area contributed by atoms with Gasteiger partial charge in [-0.1, -0.05) is 78.0 Å². The van der Waals surface area contributed by atoms with Crippen molar-refractivity contribution in [3.63, 3.8) is 0 Å². The summed E-state index contributed by atoms with van der Waals surface area (Å²) in [6.45, 7) is 2.14. The first-order chi connectivity index (χ1) is 17.4. The number of nitrogens with zero attached hydrogens (tertiary/aromatic N) is 3. The van der Waals surface area contributed by atoms with E-state index in [1.54, 1.807) is 30.3 Å². The fraction of sp³-hybridized carbons (Fsp3) is 0.148. The second-order valence-electron chi connectivity index (χ2n) is 8.17. The molecule has 8 nitrogen and oxygen atoms in total. The van der Waals surface area contributed by atoms with E-state index in [0.29, 0.717) is 11.3 Å². The molecule has 0 aliphatic carbocycles. The van der Waals surface area contributed by atoms with Gasteiger partial charge in [-0.3, -0.25) is 24.6 Å². The Morgan fingerprint density at radius 1 is 1.08 bits per heavy atom. The molecule has 1 saturated heterocycles. The zero-order chi connectivity index (χ0) is 25.7. The van der Waals surface area contributed by atoms with Gasteiger partial charge in [0.1, 0.15) is 16.7 Å². The quantitative estimate of drug-likeness (QED) is 0.219. The molecule has 0 radical (unpaired) electrons. The maximum absolute atomic E-state index is 13.6. The van der Waals surface area contributed by atoms with Crippen LogP contribution in [0, 0.1) is 28.4 Å². The van der Waals surface area contributed by atoms with Gasteiger partial charge in [0, 0.05) is 30.3 Å². The monoisotopic (exact) mass is 498 g/mol. The molecule has 3 aromatic carbocycles. The molecule has 0 aromatic heterocycles. The number of thioether (sulfide) groups is 1. The van der Waals surface area contributed by atoms with Gasteiger partial charge < -0.3 is 5.32 Å². The van der Waals surface area contributed by atoms with Crippen LogP contribution in [-0.4, -0.2) is 22.0 Å². The molecule has 0 spiro atoms. The SMILES string of the molecule is Cc1ccc(N2C(=O)[C@H](Cc3ccccc3[N+](=O)[O-])S/C2=C(/C#N)C(=O)NCc2ccccc2)cc1. The van der Waals surface area contributed by atoms with Crippen LogP contribution in [0.1, 0.15) is 16.7 Å². The largest absolute Gasteiger partial charge is 0.347 e. The molecule has 180 valence electrons.